The fourth-order valence-corrected chi connectivity index (χ4v) is 0.950. The van der Waals surface area contributed by atoms with Crippen LogP contribution in [0.2, 0.25) is 0 Å². The predicted octanol–water partition coefficient (Wildman–Crippen LogP) is 1.66. The monoisotopic (exact) mass is 269 g/mol. The molecular weight excluding hydrogens is 251 g/mol. The normalized spacial score (nSPS) is 11.3. The van der Waals surface area contributed by atoms with Crippen molar-refractivity contribution < 1.29 is 27.4 Å². The van der Waals surface area contributed by atoms with Gasteiger partial charge in [0, 0.05) is 13.0 Å². The van der Waals surface area contributed by atoms with Crippen LogP contribution in [0.25, 0.3) is 0 Å². The van der Waals surface area contributed by atoms with Crippen LogP contribution in [0.15, 0.2) is 12.2 Å². The lowest BCUT2D eigenvalue weighted by Gasteiger charge is -2.08. The molecule has 4 nitrogen and oxygen atoms in total. The summed E-state index contributed by atoms with van der Waals surface area (Å²) in [5.74, 6) is -0.365. The first-order valence-electron chi connectivity index (χ1n) is 5.44. The topological polar surface area (TPSA) is 47.6 Å². The maximum absolute atomic E-state index is 11.7. The van der Waals surface area contributed by atoms with Crippen LogP contribution in [0.5, 0.6) is 0 Å². The molecule has 0 fully saturated rings. The van der Waals surface area contributed by atoms with Crippen molar-refractivity contribution in [3.63, 3.8) is 0 Å². The highest BCUT2D eigenvalue weighted by molar-refractivity contribution is 5.75. The van der Waals surface area contributed by atoms with E-state index in [0.717, 1.165) is 5.57 Å². The van der Waals surface area contributed by atoms with Crippen molar-refractivity contribution in [2.24, 2.45) is 0 Å². The Morgan fingerprint density at radius 3 is 2.50 bits per heavy atom. The molecule has 7 heteroatoms. The molecule has 0 saturated carbocycles. The first-order valence-corrected chi connectivity index (χ1v) is 5.44. The van der Waals surface area contributed by atoms with Crippen LogP contribution >= 0.6 is 0 Å². The average molecular weight is 269 g/mol. The summed E-state index contributed by atoms with van der Waals surface area (Å²) in [5, 5.41) is 2.50. The van der Waals surface area contributed by atoms with E-state index in [2.05, 4.69) is 16.6 Å². The molecule has 0 aliphatic rings. The number of hydrogen-bond donors (Lipinski definition) is 1. The minimum absolute atomic E-state index is 0.101. The first kappa shape index (κ1) is 16.9. The molecular formula is C11H18F3NO3. The van der Waals surface area contributed by atoms with Crippen LogP contribution < -0.4 is 5.32 Å². The average Bonchev–Trinajstić information content (AvgIpc) is 2.22. The van der Waals surface area contributed by atoms with Crippen molar-refractivity contribution in [2.75, 3.05) is 33.0 Å². The predicted molar refractivity (Wildman–Crippen MR) is 60.1 cm³/mol. The van der Waals surface area contributed by atoms with E-state index >= 15 is 0 Å². The molecule has 0 aliphatic heterocycles. The first-order chi connectivity index (χ1) is 8.31. The van der Waals surface area contributed by atoms with Crippen LogP contribution in [0.3, 0.4) is 0 Å². The van der Waals surface area contributed by atoms with Crippen molar-refractivity contribution >= 4 is 5.91 Å². The summed E-state index contributed by atoms with van der Waals surface area (Å²) >= 11 is 0. The molecule has 0 heterocycles. The highest BCUT2D eigenvalue weighted by Crippen LogP contribution is 2.14. The maximum atomic E-state index is 11.7. The van der Waals surface area contributed by atoms with E-state index in [-0.39, 0.29) is 18.9 Å². The fourth-order valence-electron chi connectivity index (χ4n) is 0.950. The van der Waals surface area contributed by atoms with Crippen molar-refractivity contribution in [3.05, 3.63) is 12.2 Å². The van der Waals surface area contributed by atoms with Gasteiger partial charge in [0.05, 0.1) is 19.8 Å². The number of alkyl halides is 3. The quantitative estimate of drug-likeness (QED) is 0.511. The molecule has 0 saturated heterocycles. The zero-order chi connectivity index (χ0) is 14.0. The van der Waals surface area contributed by atoms with Gasteiger partial charge in [0.2, 0.25) is 5.91 Å². The molecule has 1 amide bonds. The van der Waals surface area contributed by atoms with Crippen molar-refractivity contribution in [3.8, 4) is 0 Å². The molecule has 0 radical (unpaired) electrons. The maximum Gasteiger partial charge on any atom is 0.411 e. The molecule has 1 N–H and O–H groups in total. The Bertz CT molecular complexity index is 267. The number of rotatable bonds is 9. The molecule has 0 aliphatic carbocycles. The van der Waals surface area contributed by atoms with E-state index in [4.69, 9.17) is 4.74 Å². The van der Waals surface area contributed by atoms with E-state index in [1.54, 1.807) is 0 Å². The minimum atomic E-state index is -4.35. The lowest BCUT2D eigenvalue weighted by Crippen LogP contribution is -2.28. The summed E-state index contributed by atoms with van der Waals surface area (Å²) in [6.07, 6.45) is -4.45. The van der Waals surface area contributed by atoms with Crippen molar-refractivity contribution in [1.29, 1.82) is 0 Å². The summed E-state index contributed by atoms with van der Waals surface area (Å²) in [5.41, 5.74) is 0.877. The highest BCUT2D eigenvalue weighted by Gasteiger charge is 2.27. The van der Waals surface area contributed by atoms with Crippen molar-refractivity contribution in [1.82, 2.24) is 5.32 Å². The van der Waals surface area contributed by atoms with E-state index in [1.807, 2.05) is 6.92 Å². The Morgan fingerprint density at radius 2 is 1.94 bits per heavy atom. The van der Waals surface area contributed by atoms with Crippen LogP contribution in [0, 0.1) is 0 Å². The van der Waals surface area contributed by atoms with E-state index in [9.17, 15) is 18.0 Å². The van der Waals surface area contributed by atoms with Crippen LogP contribution in [-0.2, 0) is 14.3 Å². The third kappa shape index (κ3) is 13.0. The van der Waals surface area contributed by atoms with E-state index in [1.165, 1.54) is 0 Å². The number of nitrogens with one attached hydrogen (secondary N) is 1. The second-order valence-electron chi connectivity index (χ2n) is 3.78. The third-order valence-electron chi connectivity index (χ3n) is 1.66. The Hall–Kier alpha value is -1.08. The van der Waals surface area contributed by atoms with Gasteiger partial charge in [0.1, 0.15) is 6.61 Å². The second kappa shape index (κ2) is 8.93. The standard InChI is InChI=1S/C11H18F3NO3/c1-9(2)7-17-6-4-15-10(16)3-5-18-8-11(12,13)14/h1,3-8H2,2H3,(H,15,16). The number of carbonyl (C=O) groups excluding carboxylic acids is 1. The Labute approximate surface area is 104 Å². The number of hydrogen-bond acceptors (Lipinski definition) is 3. The number of amides is 1. The van der Waals surface area contributed by atoms with Gasteiger partial charge >= 0.3 is 6.18 Å². The summed E-state index contributed by atoms with van der Waals surface area (Å²) < 4.78 is 44.5. The van der Waals surface area contributed by atoms with Gasteiger partial charge in [0.15, 0.2) is 0 Å². The zero-order valence-corrected chi connectivity index (χ0v) is 10.3. The lowest BCUT2D eigenvalue weighted by molar-refractivity contribution is -0.174. The summed E-state index contributed by atoms with van der Waals surface area (Å²) in [4.78, 5) is 11.1. The van der Waals surface area contributed by atoms with Gasteiger partial charge < -0.3 is 14.8 Å². The Kier molecular flexibility index (Phi) is 8.40. The van der Waals surface area contributed by atoms with E-state index < -0.39 is 12.8 Å². The van der Waals surface area contributed by atoms with Gasteiger partial charge in [-0.05, 0) is 6.92 Å². The van der Waals surface area contributed by atoms with Gasteiger partial charge in [-0.25, -0.2) is 0 Å². The zero-order valence-electron chi connectivity index (χ0n) is 10.3. The molecule has 106 valence electrons. The molecule has 0 atom stereocenters. The molecule has 0 bridgehead atoms. The largest absolute Gasteiger partial charge is 0.411 e. The van der Waals surface area contributed by atoms with Gasteiger partial charge in [-0.15, -0.1) is 0 Å². The highest BCUT2D eigenvalue weighted by atomic mass is 19.4. The fraction of sp³-hybridized carbons (Fsp3) is 0.727. The van der Waals surface area contributed by atoms with Gasteiger partial charge in [-0.2, -0.15) is 13.2 Å². The second-order valence-corrected chi connectivity index (χ2v) is 3.78. The number of carbonyl (C=O) groups is 1. The van der Waals surface area contributed by atoms with Crippen LogP contribution in [0.1, 0.15) is 13.3 Å². The van der Waals surface area contributed by atoms with Gasteiger partial charge in [-0.1, -0.05) is 12.2 Å². The summed E-state index contributed by atoms with van der Waals surface area (Å²) in [6.45, 7) is 4.94. The Balaban J connectivity index is 3.35. The summed E-state index contributed by atoms with van der Waals surface area (Å²) in [7, 11) is 0. The smallest absolute Gasteiger partial charge is 0.375 e. The Morgan fingerprint density at radius 1 is 1.28 bits per heavy atom. The van der Waals surface area contributed by atoms with Crippen LogP contribution in [-0.4, -0.2) is 45.1 Å². The van der Waals surface area contributed by atoms with Gasteiger partial charge in [-0.3, -0.25) is 4.79 Å². The molecule has 0 aromatic rings. The number of halogens is 3. The van der Waals surface area contributed by atoms with Gasteiger partial charge in [0.25, 0.3) is 0 Å². The molecule has 0 unspecified atom stereocenters. The SMILES string of the molecule is C=C(C)COCCNC(=O)CCOCC(F)(F)F. The number of ether oxygens (including phenoxy) is 2. The minimum Gasteiger partial charge on any atom is -0.375 e. The molecule has 0 aromatic heterocycles. The van der Waals surface area contributed by atoms with Crippen molar-refractivity contribution in [2.45, 2.75) is 19.5 Å². The lowest BCUT2D eigenvalue weighted by atomic mass is 10.4. The van der Waals surface area contributed by atoms with E-state index in [0.29, 0.717) is 19.8 Å². The summed E-state index contributed by atoms with van der Waals surface area (Å²) in [6, 6.07) is 0. The molecule has 0 spiro atoms. The van der Waals surface area contributed by atoms with Crippen LogP contribution in [0.4, 0.5) is 13.2 Å². The molecule has 0 aromatic carbocycles. The molecule has 18 heavy (non-hydrogen) atoms. The third-order valence-corrected chi connectivity index (χ3v) is 1.66. The molecule has 0 rings (SSSR count).